The number of piperidine rings is 1. The van der Waals surface area contributed by atoms with Gasteiger partial charge in [-0.3, -0.25) is 0 Å². The molecule has 1 aliphatic heterocycles. The zero-order chi connectivity index (χ0) is 13.0. The molecule has 1 saturated heterocycles. The van der Waals surface area contributed by atoms with Crippen LogP contribution in [0.15, 0.2) is 12.1 Å². The SMILES string of the molecule is CCc1cc(OC)c([C@@H]2CCCNC2)cc1OC.Cl. The molecule has 0 bridgehead atoms. The molecule has 1 fully saturated rings. The van der Waals surface area contributed by atoms with Gasteiger partial charge in [-0.05, 0) is 43.5 Å². The highest BCUT2D eigenvalue weighted by molar-refractivity contribution is 5.85. The van der Waals surface area contributed by atoms with Gasteiger partial charge in [-0.25, -0.2) is 0 Å². The maximum atomic E-state index is 5.56. The van der Waals surface area contributed by atoms with E-state index in [1.54, 1.807) is 14.2 Å². The van der Waals surface area contributed by atoms with Crippen LogP contribution in [-0.2, 0) is 6.42 Å². The summed E-state index contributed by atoms with van der Waals surface area (Å²) in [6, 6.07) is 4.29. The van der Waals surface area contributed by atoms with Gasteiger partial charge in [0.15, 0.2) is 0 Å². The Balaban J connectivity index is 0.00000180. The van der Waals surface area contributed by atoms with Crippen LogP contribution in [-0.4, -0.2) is 27.3 Å². The monoisotopic (exact) mass is 285 g/mol. The van der Waals surface area contributed by atoms with Gasteiger partial charge in [0.1, 0.15) is 11.5 Å². The molecular weight excluding hydrogens is 262 g/mol. The van der Waals surface area contributed by atoms with Gasteiger partial charge in [0.05, 0.1) is 14.2 Å². The lowest BCUT2D eigenvalue weighted by molar-refractivity contribution is 0.381. The second-order valence-corrected chi connectivity index (χ2v) is 4.80. The average Bonchev–Trinajstić information content (AvgIpc) is 2.46. The molecule has 0 aromatic heterocycles. The molecule has 0 saturated carbocycles. The van der Waals surface area contributed by atoms with Crippen LogP contribution >= 0.6 is 12.4 Å². The number of hydrogen-bond acceptors (Lipinski definition) is 3. The first kappa shape index (κ1) is 16.1. The van der Waals surface area contributed by atoms with E-state index < -0.39 is 0 Å². The summed E-state index contributed by atoms with van der Waals surface area (Å²) in [5, 5.41) is 3.45. The van der Waals surface area contributed by atoms with Gasteiger partial charge in [0.2, 0.25) is 0 Å². The second kappa shape index (κ2) is 7.61. The first-order chi connectivity index (χ1) is 8.80. The molecule has 1 N–H and O–H groups in total. The van der Waals surface area contributed by atoms with E-state index in [2.05, 4.69) is 24.4 Å². The smallest absolute Gasteiger partial charge is 0.122 e. The van der Waals surface area contributed by atoms with Crippen molar-refractivity contribution in [2.75, 3.05) is 27.3 Å². The summed E-state index contributed by atoms with van der Waals surface area (Å²) in [6.07, 6.45) is 3.41. The predicted octanol–water partition coefficient (Wildman–Crippen LogP) is 3.16. The summed E-state index contributed by atoms with van der Waals surface area (Å²) in [5.41, 5.74) is 2.49. The summed E-state index contributed by atoms with van der Waals surface area (Å²) in [6.45, 7) is 4.30. The molecule has 3 nitrogen and oxygen atoms in total. The van der Waals surface area contributed by atoms with Crippen molar-refractivity contribution in [3.63, 3.8) is 0 Å². The standard InChI is InChI=1S/C15H23NO2.ClH/c1-4-11-8-15(18-3)13(9-14(11)17-2)12-6-5-7-16-10-12;/h8-9,12,16H,4-7,10H2,1-3H3;1H/t12-;/m1./s1. The minimum absolute atomic E-state index is 0. The topological polar surface area (TPSA) is 30.5 Å². The first-order valence-corrected chi connectivity index (χ1v) is 6.75. The number of ether oxygens (including phenoxy) is 2. The third-order valence-electron chi connectivity index (χ3n) is 3.75. The highest BCUT2D eigenvalue weighted by Gasteiger charge is 2.20. The number of benzene rings is 1. The van der Waals surface area contributed by atoms with Crippen LogP contribution in [0, 0.1) is 0 Å². The van der Waals surface area contributed by atoms with E-state index >= 15 is 0 Å². The van der Waals surface area contributed by atoms with Gasteiger partial charge in [0.25, 0.3) is 0 Å². The molecule has 1 atom stereocenters. The normalized spacial score (nSPS) is 18.6. The largest absolute Gasteiger partial charge is 0.496 e. The quantitative estimate of drug-likeness (QED) is 0.922. The summed E-state index contributed by atoms with van der Waals surface area (Å²) in [7, 11) is 3.49. The van der Waals surface area contributed by atoms with Gasteiger partial charge in [-0.1, -0.05) is 6.92 Å². The average molecular weight is 286 g/mol. The number of halogens is 1. The van der Waals surface area contributed by atoms with Crippen LogP contribution in [0.3, 0.4) is 0 Å². The fourth-order valence-corrected chi connectivity index (χ4v) is 2.70. The molecule has 19 heavy (non-hydrogen) atoms. The Morgan fingerprint density at radius 2 is 1.95 bits per heavy atom. The first-order valence-electron chi connectivity index (χ1n) is 6.75. The zero-order valence-electron chi connectivity index (χ0n) is 12.0. The second-order valence-electron chi connectivity index (χ2n) is 4.80. The molecule has 0 amide bonds. The van der Waals surface area contributed by atoms with Gasteiger partial charge in [-0.2, -0.15) is 0 Å². The van der Waals surface area contributed by atoms with Gasteiger partial charge < -0.3 is 14.8 Å². The van der Waals surface area contributed by atoms with Gasteiger partial charge >= 0.3 is 0 Å². The van der Waals surface area contributed by atoms with Crippen LogP contribution < -0.4 is 14.8 Å². The van der Waals surface area contributed by atoms with Crippen molar-refractivity contribution >= 4 is 12.4 Å². The van der Waals surface area contributed by atoms with E-state index in [0.29, 0.717) is 5.92 Å². The lowest BCUT2D eigenvalue weighted by Gasteiger charge is -2.25. The number of methoxy groups -OCH3 is 2. The summed E-state index contributed by atoms with van der Waals surface area (Å²) >= 11 is 0. The summed E-state index contributed by atoms with van der Waals surface area (Å²) in [4.78, 5) is 0. The van der Waals surface area contributed by atoms with Crippen LogP contribution in [0.4, 0.5) is 0 Å². The minimum atomic E-state index is 0. The highest BCUT2D eigenvalue weighted by Crippen LogP contribution is 2.36. The van der Waals surface area contributed by atoms with Crippen LogP contribution in [0.2, 0.25) is 0 Å². The third-order valence-corrected chi connectivity index (χ3v) is 3.75. The Labute approximate surface area is 122 Å². The van der Waals surface area contributed by atoms with E-state index in [-0.39, 0.29) is 12.4 Å². The van der Waals surface area contributed by atoms with Crippen molar-refractivity contribution in [3.8, 4) is 11.5 Å². The molecule has 2 rings (SSSR count). The maximum absolute atomic E-state index is 5.56. The molecule has 0 spiro atoms. The Bertz CT molecular complexity index is 403. The molecule has 1 aromatic rings. The van der Waals surface area contributed by atoms with Crippen molar-refractivity contribution in [1.82, 2.24) is 5.32 Å². The van der Waals surface area contributed by atoms with E-state index in [1.807, 2.05) is 0 Å². The number of rotatable bonds is 4. The van der Waals surface area contributed by atoms with Crippen molar-refractivity contribution in [2.45, 2.75) is 32.1 Å². The molecule has 1 aliphatic rings. The number of hydrogen-bond donors (Lipinski definition) is 1. The molecule has 0 radical (unpaired) electrons. The number of aryl methyl sites for hydroxylation is 1. The van der Waals surface area contributed by atoms with E-state index in [0.717, 1.165) is 31.0 Å². The predicted molar refractivity (Wildman–Crippen MR) is 81.0 cm³/mol. The highest BCUT2D eigenvalue weighted by atomic mass is 35.5. The van der Waals surface area contributed by atoms with Crippen molar-refractivity contribution < 1.29 is 9.47 Å². The Kier molecular flexibility index (Phi) is 6.46. The van der Waals surface area contributed by atoms with Gasteiger partial charge in [0, 0.05) is 18.0 Å². The summed E-state index contributed by atoms with van der Waals surface area (Å²) in [5.74, 6) is 2.52. The van der Waals surface area contributed by atoms with Crippen molar-refractivity contribution in [3.05, 3.63) is 23.3 Å². The Morgan fingerprint density at radius 3 is 2.47 bits per heavy atom. The molecule has 0 aliphatic carbocycles. The third kappa shape index (κ3) is 3.54. The molecule has 1 heterocycles. The van der Waals surface area contributed by atoms with E-state index in [9.17, 15) is 0 Å². The lowest BCUT2D eigenvalue weighted by Crippen LogP contribution is -2.28. The summed E-state index contributed by atoms with van der Waals surface area (Å²) < 4.78 is 11.0. The van der Waals surface area contributed by atoms with Crippen LogP contribution in [0.25, 0.3) is 0 Å². The molecular formula is C15H24ClNO2. The lowest BCUT2D eigenvalue weighted by atomic mass is 9.89. The molecule has 108 valence electrons. The van der Waals surface area contributed by atoms with Crippen LogP contribution in [0.5, 0.6) is 11.5 Å². The van der Waals surface area contributed by atoms with Crippen molar-refractivity contribution in [2.24, 2.45) is 0 Å². The van der Waals surface area contributed by atoms with Gasteiger partial charge in [-0.15, -0.1) is 12.4 Å². The molecule has 4 heteroatoms. The van der Waals surface area contributed by atoms with E-state index in [4.69, 9.17) is 9.47 Å². The fourth-order valence-electron chi connectivity index (χ4n) is 2.70. The molecule has 0 unspecified atom stereocenters. The van der Waals surface area contributed by atoms with Crippen LogP contribution in [0.1, 0.15) is 36.8 Å². The fraction of sp³-hybridized carbons (Fsp3) is 0.600. The van der Waals surface area contributed by atoms with E-state index in [1.165, 1.54) is 24.0 Å². The van der Waals surface area contributed by atoms with Crippen molar-refractivity contribution in [1.29, 1.82) is 0 Å². The Hall–Kier alpha value is -0.930. The molecule has 1 aromatic carbocycles. The zero-order valence-corrected chi connectivity index (χ0v) is 12.8. The maximum Gasteiger partial charge on any atom is 0.122 e. The Morgan fingerprint density at radius 1 is 1.21 bits per heavy atom. The minimum Gasteiger partial charge on any atom is -0.496 e. The number of nitrogens with one attached hydrogen (secondary N) is 1.